The lowest BCUT2D eigenvalue weighted by Gasteiger charge is -2.24. The van der Waals surface area contributed by atoms with Crippen LogP contribution in [0, 0.1) is 49.4 Å². The summed E-state index contributed by atoms with van der Waals surface area (Å²) < 4.78 is 0. The third kappa shape index (κ3) is 1.65. The van der Waals surface area contributed by atoms with Gasteiger partial charge in [-0.2, -0.15) is 0 Å². The molecule has 2 atom stereocenters. The van der Waals surface area contributed by atoms with Gasteiger partial charge in [-0.1, -0.05) is 25.2 Å². The van der Waals surface area contributed by atoms with Crippen molar-refractivity contribution in [1.29, 1.82) is 0 Å². The van der Waals surface area contributed by atoms with Crippen LogP contribution in [0.1, 0.15) is 26.2 Å². The van der Waals surface area contributed by atoms with Gasteiger partial charge in [-0.25, -0.2) is 0 Å². The molecule has 0 aromatic carbocycles. The van der Waals surface area contributed by atoms with Gasteiger partial charge in [0.2, 0.25) is 0 Å². The number of hydrogen-bond donors (Lipinski definition) is 0. The molecule has 0 amide bonds. The first kappa shape index (κ1) is 11.1. The molecule has 6 radical (unpaired) electrons. The monoisotopic (exact) mass is 234 g/mol. The van der Waals surface area contributed by atoms with Gasteiger partial charge in [0, 0.05) is 5.92 Å². The van der Waals surface area contributed by atoms with E-state index in [4.69, 9.17) is 0 Å². The van der Waals surface area contributed by atoms with E-state index in [2.05, 4.69) is 50.8 Å². The van der Waals surface area contributed by atoms with Gasteiger partial charge in [0.05, 0.1) is 0 Å². The Labute approximate surface area is 111 Å². The van der Waals surface area contributed by atoms with Crippen molar-refractivity contribution in [3.8, 4) is 0 Å². The summed E-state index contributed by atoms with van der Waals surface area (Å²) in [6.45, 7) is 2.19. The van der Waals surface area contributed by atoms with Crippen molar-refractivity contribution in [3.63, 3.8) is 0 Å². The van der Waals surface area contributed by atoms with Crippen LogP contribution in [-0.2, 0) is 0 Å². The van der Waals surface area contributed by atoms with Crippen LogP contribution in [0.4, 0.5) is 0 Å². The Balaban J connectivity index is 1.59. The number of rotatable bonds is 1. The molecule has 0 aliphatic heterocycles. The maximum absolute atomic E-state index is 2.44. The van der Waals surface area contributed by atoms with Crippen LogP contribution in [0.5, 0.6) is 0 Å². The van der Waals surface area contributed by atoms with Crippen LogP contribution in [0.15, 0.2) is 34.9 Å². The van der Waals surface area contributed by atoms with E-state index < -0.39 is 0 Å². The minimum atomic E-state index is 0.879. The van der Waals surface area contributed by atoms with Gasteiger partial charge in [-0.05, 0) is 79.4 Å². The summed E-state index contributed by atoms with van der Waals surface area (Å²) in [5, 5.41) is 0. The lowest BCUT2D eigenvalue weighted by atomic mass is 9.79. The summed E-state index contributed by atoms with van der Waals surface area (Å²) >= 11 is 0. The van der Waals surface area contributed by atoms with Gasteiger partial charge in [0.1, 0.15) is 0 Å². The van der Waals surface area contributed by atoms with Gasteiger partial charge in [-0.15, -0.1) is 0 Å². The summed E-state index contributed by atoms with van der Waals surface area (Å²) in [7, 11) is 0. The van der Waals surface area contributed by atoms with Crippen molar-refractivity contribution >= 4 is 0 Å². The van der Waals surface area contributed by atoms with Gasteiger partial charge in [-0.3, -0.25) is 0 Å². The standard InChI is InChI=1S/C18H18/c1-12-4-2-3-5-14(12)8-13-9-17-15-6-7-16(11-15)18(17)10-13/h2-5,8-10,15-16H,6-7,11H2,1H3. The second kappa shape index (κ2) is 4.11. The van der Waals surface area contributed by atoms with E-state index in [-0.39, 0.29) is 0 Å². The molecule has 4 rings (SSSR count). The molecule has 4 aliphatic rings. The summed E-state index contributed by atoms with van der Waals surface area (Å²) in [6.07, 6.45) is 20.1. The van der Waals surface area contributed by atoms with Gasteiger partial charge in [0.15, 0.2) is 0 Å². The highest BCUT2D eigenvalue weighted by atomic mass is 14.5. The molecule has 4 aliphatic carbocycles. The molecule has 0 N–H and O–H groups in total. The maximum Gasteiger partial charge on any atom is 0.00867 e. The van der Waals surface area contributed by atoms with E-state index >= 15 is 0 Å². The molecule has 2 unspecified atom stereocenters. The molecule has 0 nitrogen and oxygen atoms in total. The maximum atomic E-state index is 2.44. The fraction of sp³-hybridized carbons (Fsp3) is 0.333. The fourth-order valence-electron chi connectivity index (χ4n) is 3.83. The van der Waals surface area contributed by atoms with Crippen molar-refractivity contribution in [2.75, 3.05) is 0 Å². The van der Waals surface area contributed by atoms with Crippen molar-refractivity contribution in [1.82, 2.24) is 0 Å². The first-order chi connectivity index (χ1) is 8.81. The molecule has 0 spiro atoms. The zero-order valence-electron chi connectivity index (χ0n) is 10.8. The quantitative estimate of drug-likeness (QED) is 0.637. The summed E-state index contributed by atoms with van der Waals surface area (Å²) in [6, 6.07) is 0. The highest BCUT2D eigenvalue weighted by Crippen LogP contribution is 2.54. The molecule has 0 aromatic rings. The summed E-state index contributed by atoms with van der Waals surface area (Å²) in [5.41, 5.74) is 4.73. The van der Waals surface area contributed by atoms with Gasteiger partial charge >= 0.3 is 0 Å². The molecule has 0 saturated heterocycles. The van der Waals surface area contributed by atoms with E-state index in [9.17, 15) is 0 Å². The van der Waals surface area contributed by atoms with E-state index in [1.807, 2.05) is 0 Å². The Morgan fingerprint density at radius 2 is 1.67 bits per heavy atom. The van der Waals surface area contributed by atoms with E-state index in [0.29, 0.717) is 0 Å². The van der Waals surface area contributed by atoms with Crippen LogP contribution in [0.2, 0.25) is 0 Å². The average molecular weight is 234 g/mol. The second-order valence-electron chi connectivity index (χ2n) is 5.91. The van der Waals surface area contributed by atoms with E-state index in [1.54, 1.807) is 11.1 Å². The van der Waals surface area contributed by atoms with Crippen molar-refractivity contribution in [3.05, 3.63) is 72.5 Å². The third-order valence-corrected chi connectivity index (χ3v) is 4.80. The highest BCUT2D eigenvalue weighted by Gasteiger charge is 2.41. The Morgan fingerprint density at radius 3 is 2.33 bits per heavy atom. The Bertz CT molecular complexity index is 421. The SMILES string of the molecule is C[C]1[CH][CH][CH][CH][C]1C=C1C=C2C(=C1)C1CCC2C1. The smallest absolute Gasteiger partial charge is 0.00867 e. The first-order valence-corrected chi connectivity index (χ1v) is 7.02. The van der Waals surface area contributed by atoms with Gasteiger partial charge in [0.25, 0.3) is 0 Å². The van der Waals surface area contributed by atoms with Crippen LogP contribution in [0.25, 0.3) is 0 Å². The molecule has 3 fully saturated rings. The topological polar surface area (TPSA) is 0 Å². The molecule has 90 valence electrons. The zero-order chi connectivity index (χ0) is 12.1. The Hall–Kier alpha value is -0.780. The first-order valence-electron chi connectivity index (χ1n) is 7.02. The average Bonchev–Trinajstić information content (AvgIpc) is 3.03. The van der Waals surface area contributed by atoms with Crippen LogP contribution in [0.3, 0.4) is 0 Å². The normalized spacial score (nSPS) is 35.7. The molecule has 0 aromatic heterocycles. The number of fused-ring (bicyclic) bond motifs is 5. The second-order valence-corrected chi connectivity index (χ2v) is 5.91. The van der Waals surface area contributed by atoms with Crippen LogP contribution >= 0.6 is 0 Å². The molecule has 18 heavy (non-hydrogen) atoms. The summed E-state index contributed by atoms with van der Waals surface area (Å²) in [5.74, 6) is 4.48. The van der Waals surface area contributed by atoms with E-state index in [0.717, 1.165) is 11.8 Å². The summed E-state index contributed by atoms with van der Waals surface area (Å²) in [4.78, 5) is 0. The molecular formula is C18H18. The highest BCUT2D eigenvalue weighted by molar-refractivity contribution is 5.60. The minimum Gasteiger partial charge on any atom is -0.0692 e. The predicted octanol–water partition coefficient (Wildman–Crippen LogP) is 4.21. The van der Waals surface area contributed by atoms with Crippen LogP contribution in [-0.4, -0.2) is 0 Å². The van der Waals surface area contributed by atoms with Crippen molar-refractivity contribution in [2.24, 2.45) is 11.8 Å². The van der Waals surface area contributed by atoms with Crippen molar-refractivity contribution < 1.29 is 0 Å². The zero-order valence-corrected chi connectivity index (χ0v) is 10.8. The molecule has 0 heteroatoms. The number of hydrogen-bond acceptors (Lipinski definition) is 0. The van der Waals surface area contributed by atoms with Crippen LogP contribution < -0.4 is 0 Å². The molecule has 3 saturated carbocycles. The molecular weight excluding hydrogens is 216 g/mol. The third-order valence-electron chi connectivity index (χ3n) is 4.80. The Kier molecular flexibility index (Phi) is 2.53. The predicted molar refractivity (Wildman–Crippen MR) is 74.4 cm³/mol. The van der Waals surface area contributed by atoms with Gasteiger partial charge < -0.3 is 0 Å². The number of allylic oxidation sites excluding steroid dienone is 6. The fourth-order valence-corrected chi connectivity index (χ4v) is 3.83. The molecule has 2 bridgehead atoms. The lowest BCUT2D eigenvalue weighted by molar-refractivity contribution is 0.658. The Morgan fingerprint density at radius 1 is 1.00 bits per heavy atom. The van der Waals surface area contributed by atoms with Crippen molar-refractivity contribution in [2.45, 2.75) is 26.2 Å². The lowest BCUT2D eigenvalue weighted by Crippen LogP contribution is -2.13. The van der Waals surface area contributed by atoms with E-state index in [1.165, 1.54) is 36.7 Å². The minimum absolute atomic E-state index is 0.879. The molecule has 0 heterocycles. The largest absolute Gasteiger partial charge is 0.0692 e.